The molecule has 5 aliphatic rings. The molecule has 5 fully saturated rings. The molecule has 0 atom stereocenters. The van der Waals surface area contributed by atoms with Crippen LogP contribution in [0.25, 0.3) is 0 Å². The number of morpholine rings is 1. The van der Waals surface area contributed by atoms with Crippen molar-refractivity contribution in [1.29, 1.82) is 0 Å². The predicted molar refractivity (Wildman–Crippen MR) is 139 cm³/mol. The molecule has 1 saturated heterocycles. The number of rotatable bonds is 7. The molecule has 0 aromatic heterocycles. The van der Waals surface area contributed by atoms with E-state index in [1.807, 2.05) is 42.5 Å². The number of nitrogens with zero attached hydrogens (tertiary/aromatic N) is 1. The van der Waals surface area contributed by atoms with Gasteiger partial charge in [0, 0.05) is 42.8 Å². The van der Waals surface area contributed by atoms with Crippen LogP contribution < -0.4 is 10.6 Å². The fourth-order valence-corrected chi connectivity index (χ4v) is 7.50. The highest BCUT2D eigenvalue weighted by Gasteiger charge is 2.54. The second-order valence-corrected chi connectivity index (χ2v) is 11.6. The van der Waals surface area contributed by atoms with Crippen LogP contribution in [0.2, 0.25) is 0 Å². The van der Waals surface area contributed by atoms with Crippen LogP contribution in [0.15, 0.2) is 48.5 Å². The van der Waals surface area contributed by atoms with Crippen molar-refractivity contribution in [3.8, 4) is 0 Å². The number of hydrogen-bond acceptors (Lipinski definition) is 4. The Labute approximate surface area is 213 Å². The van der Waals surface area contributed by atoms with Crippen molar-refractivity contribution in [2.24, 2.45) is 23.2 Å². The summed E-state index contributed by atoms with van der Waals surface area (Å²) in [6.45, 7) is 4.80. The minimum Gasteiger partial charge on any atom is -0.379 e. The van der Waals surface area contributed by atoms with Crippen molar-refractivity contribution < 1.29 is 14.3 Å². The first-order chi connectivity index (χ1) is 17.5. The first-order valence-electron chi connectivity index (χ1n) is 13.6. The molecular weight excluding hydrogens is 450 g/mol. The van der Waals surface area contributed by atoms with E-state index in [1.54, 1.807) is 0 Å². The quantitative estimate of drug-likeness (QED) is 0.599. The topological polar surface area (TPSA) is 70.7 Å². The highest BCUT2D eigenvalue weighted by atomic mass is 16.5. The number of carbonyl (C=O) groups is 2. The zero-order valence-corrected chi connectivity index (χ0v) is 21.0. The van der Waals surface area contributed by atoms with Crippen LogP contribution in [0.1, 0.15) is 60.0 Å². The Bertz CT molecular complexity index is 1070. The van der Waals surface area contributed by atoms with Crippen molar-refractivity contribution in [3.63, 3.8) is 0 Å². The summed E-state index contributed by atoms with van der Waals surface area (Å²) in [6.07, 6.45) is 7.27. The van der Waals surface area contributed by atoms with E-state index >= 15 is 0 Å². The first-order valence-corrected chi connectivity index (χ1v) is 13.6. The third-order valence-electron chi connectivity index (χ3n) is 8.88. The maximum atomic E-state index is 13.2. The summed E-state index contributed by atoms with van der Waals surface area (Å²) in [6, 6.07) is 15.6. The molecule has 1 aliphatic heterocycles. The lowest BCUT2D eigenvalue weighted by Gasteiger charge is -2.55. The molecule has 0 unspecified atom stereocenters. The molecule has 2 aromatic rings. The highest BCUT2D eigenvalue weighted by Crippen LogP contribution is 2.60. The van der Waals surface area contributed by atoms with E-state index in [0.717, 1.165) is 81.1 Å². The van der Waals surface area contributed by atoms with Crippen molar-refractivity contribution in [3.05, 3.63) is 65.2 Å². The average Bonchev–Trinajstić information content (AvgIpc) is 2.87. The van der Waals surface area contributed by atoms with Gasteiger partial charge in [0.2, 0.25) is 5.91 Å². The molecule has 1 heterocycles. The van der Waals surface area contributed by atoms with Crippen LogP contribution in [-0.4, -0.2) is 43.0 Å². The summed E-state index contributed by atoms with van der Waals surface area (Å²) >= 11 is 0. The largest absolute Gasteiger partial charge is 0.379 e. The molecule has 0 radical (unpaired) electrons. The molecular formula is C30H37N3O3. The van der Waals surface area contributed by atoms with Gasteiger partial charge in [0.05, 0.1) is 13.2 Å². The zero-order valence-electron chi connectivity index (χ0n) is 21.0. The van der Waals surface area contributed by atoms with E-state index < -0.39 is 0 Å². The molecule has 0 spiro atoms. The summed E-state index contributed by atoms with van der Waals surface area (Å²) in [4.78, 5) is 28.4. The standard InChI is InChI=1S/C30H37N3O3/c34-28(32-27-3-1-2-22(15-27)20-33-8-10-36-11-9-33)26-6-4-21(5-7-26)19-31-29(35)30-16-23-12-24(17-30)14-25(13-23)18-30/h1-7,15,23-25H,8-14,16-20H2,(H,31,35)(H,32,34). The minimum atomic E-state index is -0.123. The number of amides is 2. The second kappa shape index (κ2) is 9.98. The molecule has 2 aromatic carbocycles. The predicted octanol–water partition coefficient (Wildman–Crippen LogP) is 4.60. The van der Waals surface area contributed by atoms with Crippen LogP contribution in [0.4, 0.5) is 5.69 Å². The molecule has 2 N–H and O–H groups in total. The Morgan fingerprint density at radius 2 is 1.56 bits per heavy atom. The van der Waals surface area contributed by atoms with E-state index in [0.29, 0.717) is 12.1 Å². The molecule has 2 amide bonds. The highest BCUT2D eigenvalue weighted by molar-refractivity contribution is 6.04. The minimum absolute atomic E-state index is 0.120. The number of carbonyl (C=O) groups excluding carboxylic acids is 2. The smallest absolute Gasteiger partial charge is 0.255 e. The van der Waals surface area contributed by atoms with E-state index in [2.05, 4.69) is 21.6 Å². The number of benzene rings is 2. The van der Waals surface area contributed by atoms with Crippen molar-refractivity contribution in [2.75, 3.05) is 31.6 Å². The number of ether oxygens (including phenoxy) is 1. The van der Waals surface area contributed by atoms with Crippen molar-refractivity contribution >= 4 is 17.5 Å². The van der Waals surface area contributed by atoms with E-state index in [4.69, 9.17) is 4.74 Å². The monoisotopic (exact) mass is 487 g/mol. The van der Waals surface area contributed by atoms with Gasteiger partial charge in [-0.05, 0) is 91.7 Å². The normalized spacial score (nSPS) is 29.2. The Balaban J connectivity index is 1.02. The summed E-state index contributed by atoms with van der Waals surface area (Å²) in [5.41, 5.74) is 3.50. The fourth-order valence-electron chi connectivity index (χ4n) is 7.50. The first kappa shape index (κ1) is 23.7. The Morgan fingerprint density at radius 3 is 2.22 bits per heavy atom. The second-order valence-electron chi connectivity index (χ2n) is 11.6. The van der Waals surface area contributed by atoms with Crippen LogP contribution in [0.3, 0.4) is 0 Å². The lowest BCUT2D eigenvalue weighted by atomic mass is 9.49. The van der Waals surface area contributed by atoms with Gasteiger partial charge in [-0.1, -0.05) is 24.3 Å². The third kappa shape index (κ3) is 5.07. The van der Waals surface area contributed by atoms with Gasteiger partial charge in [0.25, 0.3) is 5.91 Å². The molecule has 36 heavy (non-hydrogen) atoms. The zero-order chi connectivity index (χ0) is 24.5. The molecule has 4 aliphatic carbocycles. The summed E-state index contributed by atoms with van der Waals surface area (Å²) in [7, 11) is 0. The number of anilines is 1. The van der Waals surface area contributed by atoms with Gasteiger partial charge < -0.3 is 15.4 Å². The molecule has 4 saturated carbocycles. The number of nitrogens with one attached hydrogen (secondary N) is 2. The van der Waals surface area contributed by atoms with E-state index in [1.165, 1.54) is 24.8 Å². The summed E-state index contributed by atoms with van der Waals surface area (Å²) < 4.78 is 5.43. The van der Waals surface area contributed by atoms with Crippen molar-refractivity contribution in [2.45, 2.75) is 51.6 Å². The van der Waals surface area contributed by atoms with Gasteiger partial charge >= 0.3 is 0 Å². The van der Waals surface area contributed by atoms with Gasteiger partial charge in [-0.25, -0.2) is 0 Å². The Hall–Kier alpha value is -2.70. The fraction of sp³-hybridized carbons (Fsp3) is 0.533. The Kier molecular flexibility index (Phi) is 6.57. The lowest BCUT2D eigenvalue weighted by molar-refractivity contribution is -0.146. The molecule has 4 bridgehead atoms. The average molecular weight is 488 g/mol. The van der Waals surface area contributed by atoms with Gasteiger partial charge in [-0.15, -0.1) is 0 Å². The molecule has 6 nitrogen and oxygen atoms in total. The summed E-state index contributed by atoms with van der Waals surface area (Å²) in [5.74, 6) is 2.42. The Morgan fingerprint density at radius 1 is 0.889 bits per heavy atom. The lowest BCUT2D eigenvalue weighted by Crippen LogP contribution is -2.53. The number of hydrogen-bond donors (Lipinski definition) is 2. The van der Waals surface area contributed by atoms with Crippen molar-refractivity contribution in [1.82, 2.24) is 10.2 Å². The third-order valence-corrected chi connectivity index (χ3v) is 8.88. The van der Waals surface area contributed by atoms with Crippen LogP contribution in [-0.2, 0) is 22.6 Å². The van der Waals surface area contributed by atoms with Crippen LogP contribution >= 0.6 is 0 Å². The van der Waals surface area contributed by atoms with Gasteiger partial charge in [-0.3, -0.25) is 14.5 Å². The van der Waals surface area contributed by atoms with Crippen LogP contribution in [0, 0.1) is 23.2 Å². The summed E-state index contributed by atoms with van der Waals surface area (Å²) in [5, 5.41) is 6.26. The van der Waals surface area contributed by atoms with Gasteiger partial charge in [0.15, 0.2) is 0 Å². The molecule has 190 valence electrons. The van der Waals surface area contributed by atoms with E-state index in [9.17, 15) is 9.59 Å². The maximum absolute atomic E-state index is 13.2. The van der Waals surface area contributed by atoms with Gasteiger partial charge in [0.1, 0.15) is 0 Å². The van der Waals surface area contributed by atoms with Gasteiger partial charge in [-0.2, -0.15) is 0 Å². The molecule has 6 heteroatoms. The van der Waals surface area contributed by atoms with Crippen LogP contribution in [0.5, 0.6) is 0 Å². The maximum Gasteiger partial charge on any atom is 0.255 e. The molecule has 7 rings (SSSR count). The van der Waals surface area contributed by atoms with E-state index in [-0.39, 0.29) is 17.2 Å². The SMILES string of the molecule is O=C(Nc1cccc(CN2CCOCC2)c1)c1ccc(CNC(=O)C23CC4CC(CC(C4)C2)C3)cc1.